The van der Waals surface area contributed by atoms with Gasteiger partial charge in [0.2, 0.25) is 5.95 Å². The zero-order valence-electron chi connectivity index (χ0n) is 8.41. The summed E-state index contributed by atoms with van der Waals surface area (Å²) in [6, 6.07) is 0.0398. The average Bonchev–Trinajstić information content (AvgIpc) is 2.22. The Balaban J connectivity index is 2.53. The molecule has 84 valence electrons. The van der Waals surface area contributed by atoms with Gasteiger partial charge in [0.25, 0.3) is 0 Å². The number of anilines is 1. The highest BCUT2D eigenvalue weighted by atomic mass is 35.5. The van der Waals surface area contributed by atoms with Crippen LogP contribution >= 0.6 is 11.6 Å². The molecule has 0 saturated heterocycles. The first-order valence-corrected chi connectivity index (χ1v) is 5.08. The molecule has 6 heteroatoms. The first-order chi connectivity index (χ1) is 7.26. The topological polar surface area (TPSA) is 47.0 Å². The number of alkyl halides is 1. The Morgan fingerprint density at radius 1 is 1.53 bits per heavy atom. The molecule has 1 aromatic rings. The lowest BCUT2D eigenvalue weighted by molar-refractivity contribution is 0.184. The van der Waals surface area contributed by atoms with E-state index < -0.39 is 5.82 Å². The molecule has 1 atom stereocenters. The number of ether oxygens (including phenoxy) is 1. The van der Waals surface area contributed by atoms with Gasteiger partial charge in [-0.2, -0.15) is 0 Å². The van der Waals surface area contributed by atoms with E-state index in [0.29, 0.717) is 18.4 Å². The molecule has 1 unspecified atom stereocenters. The van der Waals surface area contributed by atoms with Crippen LogP contribution in [0.15, 0.2) is 12.4 Å². The lowest BCUT2D eigenvalue weighted by atomic mass is 10.2. The fourth-order valence-electron chi connectivity index (χ4n) is 1.10. The third-order valence-corrected chi connectivity index (χ3v) is 2.00. The molecule has 1 rings (SSSR count). The van der Waals surface area contributed by atoms with E-state index in [1.54, 1.807) is 7.11 Å². The zero-order chi connectivity index (χ0) is 11.1. The SMILES string of the molecule is COCC(CCCl)Nc1ncc(F)cn1. The number of hydrogen-bond acceptors (Lipinski definition) is 4. The summed E-state index contributed by atoms with van der Waals surface area (Å²) in [7, 11) is 1.61. The molecule has 0 aromatic carbocycles. The van der Waals surface area contributed by atoms with Crippen molar-refractivity contribution in [1.82, 2.24) is 9.97 Å². The maximum atomic E-state index is 12.5. The lowest BCUT2D eigenvalue weighted by Gasteiger charge is -2.16. The van der Waals surface area contributed by atoms with Crippen LogP contribution in [-0.2, 0) is 4.74 Å². The van der Waals surface area contributed by atoms with E-state index in [0.717, 1.165) is 18.8 Å². The van der Waals surface area contributed by atoms with E-state index in [2.05, 4.69) is 15.3 Å². The Bertz CT molecular complexity index is 277. The summed E-state index contributed by atoms with van der Waals surface area (Å²) in [5.74, 6) is 0.437. The molecule has 0 aliphatic heterocycles. The van der Waals surface area contributed by atoms with Crippen molar-refractivity contribution in [2.24, 2.45) is 0 Å². The van der Waals surface area contributed by atoms with Crippen LogP contribution in [0.2, 0.25) is 0 Å². The van der Waals surface area contributed by atoms with Crippen molar-refractivity contribution in [2.75, 3.05) is 24.9 Å². The molecule has 15 heavy (non-hydrogen) atoms. The predicted molar refractivity (Wildman–Crippen MR) is 56.6 cm³/mol. The minimum absolute atomic E-state index is 0.0398. The van der Waals surface area contributed by atoms with Crippen molar-refractivity contribution in [1.29, 1.82) is 0 Å². The van der Waals surface area contributed by atoms with E-state index in [9.17, 15) is 4.39 Å². The second-order valence-corrected chi connectivity index (χ2v) is 3.38. The Labute approximate surface area is 92.8 Å². The van der Waals surface area contributed by atoms with E-state index in [1.807, 2.05) is 0 Å². The molecule has 0 amide bonds. The van der Waals surface area contributed by atoms with E-state index in [1.165, 1.54) is 0 Å². The molecule has 1 heterocycles. The van der Waals surface area contributed by atoms with Gasteiger partial charge in [0, 0.05) is 13.0 Å². The van der Waals surface area contributed by atoms with E-state index in [4.69, 9.17) is 16.3 Å². The van der Waals surface area contributed by atoms with Crippen LogP contribution in [0, 0.1) is 5.82 Å². The van der Waals surface area contributed by atoms with Gasteiger partial charge < -0.3 is 10.1 Å². The predicted octanol–water partition coefficient (Wildman–Crippen LogP) is 1.67. The van der Waals surface area contributed by atoms with Crippen molar-refractivity contribution >= 4 is 17.5 Å². The summed E-state index contributed by atoms with van der Waals surface area (Å²) in [6.07, 6.45) is 2.95. The Kier molecular flexibility index (Phi) is 5.28. The van der Waals surface area contributed by atoms with Gasteiger partial charge in [-0.1, -0.05) is 0 Å². The average molecular weight is 234 g/mol. The first kappa shape index (κ1) is 12.1. The lowest BCUT2D eigenvalue weighted by Crippen LogP contribution is -2.26. The highest BCUT2D eigenvalue weighted by Crippen LogP contribution is 2.04. The van der Waals surface area contributed by atoms with Crippen LogP contribution in [0.1, 0.15) is 6.42 Å². The van der Waals surface area contributed by atoms with Crippen molar-refractivity contribution in [3.63, 3.8) is 0 Å². The Hall–Kier alpha value is -0.940. The highest BCUT2D eigenvalue weighted by Gasteiger charge is 2.08. The fourth-order valence-corrected chi connectivity index (χ4v) is 1.36. The second-order valence-electron chi connectivity index (χ2n) is 3.00. The summed E-state index contributed by atoms with van der Waals surface area (Å²) in [4.78, 5) is 7.57. The van der Waals surface area contributed by atoms with Gasteiger partial charge in [0.05, 0.1) is 25.0 Å². The summed E-state index contributed by atoms with van der Waals surface area (Å²) in [6.45, 7) is 0.507. The van der Waals surface area contributed by atoms with Crippen molar-refractivity contribution < 1.29 is 9.13 Å². The Morgan fingerprint density at radius 3 is 2.73 bits per heavy atom. The molecule has 0 saturated carbocycles. The smallest absolute Gasteiger partial charge is 0.223 e. The largest absolute Gasteiger partial charge is 0.383 e. The maximum Gasteiger partial charge on any atom is 0.223 e. The zero-order valence-corrected chi connectivity index (χ0v) is 9.17. The number of nitrogens with zero attached hydrogens (tertiary/aromatic N) is 2. The van der Waals surface area contributed by atoms with Crippen LogP contribution in [0.5, 0.6) is 0 Å². The number of nitrogens with one attached hydrogen (secondary N) is 1. The van der Waals surface area contributed by atoms with Crippen molar-refractivity contribution in [3.05, 3.63) is 18.2 Å². The van der Waals surface area contributed by atoms with Crippen LogP contribution in [0.25, 0.3) is 0 Å². The summed E-state index contributed by atoms with van der Waals surface area (Å²) in [5.41, 5.74) is 0. The van der Waals surface area contributed by atoms with Gasteiger partial charge in [-0.05, 0) is 6.42 Å². The molecule has 0 bridgehead atoms. The van der Waals surface area contributed by atoms with Gasteiger partial charge in [0.15, 0.2) is 5.82 Å². The first-order valence-electron chi connectivity index (χ1n) is 4.55. The molecule has 1 N–H and O–H groups in total. The van der Waals surface area contributed by atoms with Crippen LogP contribution < -0.4 is 5.32 Å². The Morgan fingerprint density at radius 2 is 2.20 bits per heavy atom. The molecule has 1 aromatic heterocycles. The van der Waals surface area contributed by atoms with Gasteiger partial charge in [-0.3, -0.25) is 0 Å². The highest BCUT2D eigenvalue weighted by molar-refractivity contribution is 6.17. The van der Waals surface area contributed by atoms with Gasteiger partial charge in [-0.15, -0.1) is 11.6 Å². The number of halogens is 2. The number of aromatic nitrogens is 2. The minimum atomic E-state index is -0.457. The fraction of sp³-hybridized carbons (Fsp3) is 0.556. The van der Waals surface area contributed by atoms with Gasteiger partial charge >= 0.3 is 0 Å². The van der Waals surface area contributed by atoms with E-state index >= 15 is 0 Å². The molecule has 4 nitrogen and oxygen atoms in total. The van der Waals surface area contributed by atoms with E-state index in [-0.39, 0.29) is 6.04 Å². The molecular weight excluding hydrogens is 221 g/mol. The second kappa shape index (κ2) is 6.53. The maximum absolute atomic E-state index is 12.5. The summed E-state index contributed by atoms with van der Waals surface area (Å²) >= 11 is 5.63. The summed E-state index contributed by atoms with van der Waals surface area (Å²) < 4.78 is 17.5. The third-order valence-electron chi connectivity index (χ3n) is 1.78. The molecule has 0 aliphatic rings. The number of methoxy groups -OCH3 is 1. The van der Waals surface area contributed by atoms with Crippen LogP contribution in [0.3, 0.4) is 0 Å². The third kappa shape index (κ3) is 4.40. The number of hydrogen-bond donors (Lipinski definition) is 1. The van der Waals surface area contributed by atoms with Crippen LogP contribution in [0.4, 0.5) is 10.3 Å². The quantitative estimate of drug-likeness (QED) is 0.760. The normalized spacial score (nSPS) is 12.5. The molecule has 0 spiro atoms. The molecule has 0 radical (unpaired) electrons. The standard InChI is InChI=1S/C9H13ClFN3O/c1-15-6-8(2-3-10)14-9-12-4-7(11)5-13-9/h4-5,8H,2-3,6H2,1H3,(H,12,13,14). The van der Waals surface area contributed by atoms with Crippen molar-refractivity contribution in [3.8, 4) is 0 Å². The summed E-state index contributed by atoms with van der Waals surface area (Å²) in [5, 5.41) is 3.01. The molecular formula is C9H13ClFN3O. The monoisotopic (exact) mass is 233 g/mol. The van der Waals surface area contributed by atoms with Gasteiger partial charge in [-0.25, -0.2) is 14.4 Å². The number of rotatable bonds is 6. The van der Waals surface area contributed by atoms with Crippen molar-refractivity contribution in [2.45, 2.75) is 12.5 Å². The molecule has 0 aliphatic carbocycles. The molecule has 0 fully saturated rings. The van der Waals surface area contributed by atoms with Gasteiger partial charge in [0.1, 0.15) is 0 Å². The minimum Gasteiger partial charge on any atom is -0.383 e. The van der Waals surface area contributed by atoms with Crippen LogP contribution in [-0.4, -0.2) is 35.6 Å².